The minimum absolute atomic E-state index is 0.315. The molecule has 4 nitrogen and oxygen atoms in total. The maximum absolute atomic E-state index is 11.6. The molecule has 0 saturated heterocycles. The molecule has 134 valence electrons. The first-order chi connectivity index (χ1) is 13.2. The molecule has 0 bridgehead atoms. The molecule has 0 spiro atoms. The van der Waals surface area contributed by atoms with E-state index in [0.717, 1.165) is 17.4 Å². The van der Waals surface area contributed by atoms with Crippen LogP contribution >= 0.6 is 0 Å². The average Bonchev–Trinajstić information content (AvgIpc) is 3.07. The van der Waals surface area contributed by atoms with Crippen molar-refractivity contribution >= 4 is 17.0 Å². The SMILES string of the molecule is O=C(O)n1c(OCc2ccc(Cc3ccccc3)cc2)cc2ccccc21. The van der Waals surface area contributed by atoms with Gasteiger partial charge in [0.1, 0.15) is 6.61 Å². The number of rotatable bonds is 5. The molecule has 0 radical (unpaired) electrons. The lowest BCUT2D eigenvalue weighted by Gasteiger charge is -2.09. The fourth-order valence-electron chi connectivity index (χ4n) is 3.18. The second kappa shape index (κ2) is 7.38. The van der Waals surface area contributed by atoms with Crippen molar-refractivity contribution in [3.8, 4) is 5.88 Å². The smallest absolute Gasteiger partial charge is 0.418 e. The monoisotopic (exact) mass is 357 g/mol. The second-order valence-corrected chi connectivity index (χ2v) is 6.43. The number of aromatic nitrogens is 1. The molecule has 0 saturated carbocycles. The number of hydrogen-bond donors (Lipinski definition) is 1. The van der Waals surface area contributed by atoms with Crippen molar-refractivity contribution in [2.75, 3.05) is 0 Å². The summed E-state index contributed by atoms with van der Waals surface area (Å²) in [4.78, 5) is 11.6. The highest BCUT2D eigenvalue weighted by Crippen LogP contribution is 2.26. The van der Waals surface area contributed by atoms with E-state index in [-0.39, 0.29) is 0 Å². The van der Waals surface area contributed by atoms with Gasteiger partial charge in [0.05, 0.1) is 5.52 Å². The first-order valence-electron chi connectivity index (χ1n) is 8.79. The third-order valence-electron chi connectivity index (χ3n) is 4.53. The Morgan fingerprint density at radius 3 is 2.19 bits per heavy atom. The lowest BCUT2D eigenvalue weighted by atomic mass is 10.0. The van der Waals surface area contributed by atoms with E-state index in [2.05, 4.69) is 24.3 Å². The number of carbonyl (C=O) groups is 1. The van der Waals surface area contributed by atoms with Crippen LogP contribution in [0.2, 0.25) is 0 Å². The van der Waals surface area contributed by atoms with E-state index in [1.54, 1.807) is 12.1 Å². The molecule has 0 fully saturated rings. The topological polar surface area (TPSA) is 51.5 Å². The minimum Gasteiger partial charge on any atom is -0.474 e. The summed E-state index contributed by atoms with van der Waals surface area (Å²) in [6.07, 6.45) is -0.167. The summed E-state index contributed by atoms with van der Waals surface area (Å²) in [5.74, 6) is 0.331. The van der Waals surface area contributed by atoms with Gasteiger partial charge in [-0.15, -0.1) is 0 Å². The lowest BCUT2D eigenvalue weighted by molar-refractivity contribution is 0.190. The lowest BCUT2D eigenvalue weighted by Crippen LogP contribution is -2.10. The van der Waals surface area contributed by atoms with Crippen molar-refractivity contribution in [3.05, 3.63) is 102 Å². The molecule has 1 aromatic heterocycles. The molecule has 0 aliphatic rings. The van der Waals surface area contributed by atoms with Gasteiger partial charge in [-0.05, 0) is 29.2 Å². The molecule has 4 heteroatoms. The van der Waals surface area contributed by atoms with Gasteiger partial charge in [-0.1, -0.05) is 72.8 Å². The number of hydrogen-bond acceptors (Lipinski definition) is 2. The van der Waals surface area contributed by atoms with Crippen LogP contribution in [-0.2, 0) is 13.0 Å². The molecular weight excluding hydrogens is 338 g/mol. The molecule has 0 aliphatic carbocycles. The number of fused-ring (bicyclic) bond motifs is 1. The Bertz CT molecular complexity index is 1070. The zero-order chi connectivity index (χ0) is 18.6. The highest BCUT2D eigenvalue weighted by Gasteiger charge is 2.15. The van der Waals surface area contributed by atoms with Crippen molar-refractivity contribution < 1.29 is 14.6 Å². The van der Waals surface area contributed by atoms with Crippen LogP contribution in [0.1, 0.15) is 16.7 Å². The number of para-hydroxylation sites is 1. The van der Waals surface area contributed by atoms with E-state index in [0.29, 0.717) is 18.0 Å². The number of ether oxygens (including phenoxy) is 1. The van der Waals surface area contributed by atoms with Gasteiger partial charge < -0.3 is 9.84 Å². The summed E-state index contributed by atoms with van der Waals surface area (Å²) in [6, 6.07) is 27.6. The van der Waals surface area contributed by atoms with E-state index in [1.165, 1.54) is 15.7 Å². The Labute approximate surface area is 157 Å². The molecule has 0 aliphatic heterocycles. The molecular formula is C23H19NO3. The fourth-order valence-corrected chi connectivity index (χ4v) is 3.18. The largest absolute Gasteiger partial charge is 0.474 e. The van der Waals surface area contributed by atoms with Crippen molar-refractivity contribution in [2.45, 2.75) is 13.0 Å². The molecule has 1 heterocycles. The van der Waals surface area contributed by atoms with Crippen LogP contribution in [0.3, 0.4) is 0 Å². The number of benzene rings is 3. The Morgan fingerprint density at radius 2 is 1.44 bits per heavy atom. The van der Waals surface area contributed by atoms with Crippen LogP contribution in [0.5, 0.6) is 5.88 Å². The predicted octanol–water partition coefficient (Wildman–Crippen LogP) is 5.34. The highest BCUT2D eigenvalue weighted by molar-refractivity contribution is 5.91. The van der Waals surface area contributed by atoms with Crippen LogP contribution in [0.4, 0.5) is 4.79 Å². The molecule has 0 amide bonds. The van der Waals surface area contributed by atoms with Crippen LogP contribution in [0, 0.1) is 0 Å². The van der Waals surface area contributed by atoms with E-state index < -0.39 is 6.09 Å². The van der Waals surface area contributed by atoms with Gasteiger partial charge in [0.2, 0.25) is 5.88 Å². The Kier molecular flexibility index (Phi) is 4.62. The van der Waals surface area contributed by atoms with Crippen LogP contribution in [0.25, 0.3) is 10.9 Å². The van der Waals surface area contributed by atoms with Crippen molar-refractivity contribution in [2.24, 2.45) is 0 Å². The summed E-state index contributed by atoms with van der Waals surface area (Å²) in [5, 5.41) is 10.4. The predicted molar refractivity (Wildman–Crippen MR) is 105 cm³/mol. The summed E-state index contributed by atoms with van der Waals surface area (Å²) in [5.41, 5.74) is 4.12. The molecule has 0 atom stereocenters. The Balaban J connectivity index is 1.48. The van der Waals surface area contributed by atoms with Gasteiger partial charge in [-0.2, -0.15) is 0 Å². The molecule has 3 aromatic carbocycles. The van der Waals surface area contributed by atoms with E-state index in [1.807, 2.05) is 48.5 Å². The molecule has 27 heavy (non-hydrogen) atoms. The zero-order valence-electron chi connectivity index (χ0n) is 14.7. The van der Waals surface area contributed by atoms with Gasteiger partial charge in [0, 0.05) is 11.5 Å². The van der Waals surface area contributed by atoms with Gasteiger partial charge in [-0.3, -0.25) is 0 Å². The third kappa shape index (κ3) is 3.70. The normalized spacial score (nSPS) is 10.8. The summed E-state index contributed by atoms with van der Waals surface area (Å²) >= 11 is 0. The second-order valence-electron chi connectivity index (χ2n) is 6.43. The number of carboxylic acid groups (broad SMARTS) is 1. The first kappa shape index (κ1) is 16.9. The number of nitrogens with zero attached hydrogens (tertiary/aromatic N) is 1. The third-order valence-corrected chi connectivity index (χ3v) is 4.53. The van der Waals surface area contributed by atoms with E-state index in [9.17, 15) is 9.90 Å². The van der Waals surface area contributed by atoms with Crippen molar-refractivity contribution in [1.29, 1.82) is 0 Å². The average molecular weight is 357 g/mol. The van der Waals surface area contributed by atoms with E-state index >= 15 is 0 Å². The van der Waals surface area contributed by atoms with Crippen LogP contribution in [0.15, 0.2) is 84.9 Å². The van der Waals surface area contributed by atoms with Gasteiger partial charge in [0.25, 0.3) is 0 Å². The van der Waals surface area contributed by atoms with Gasteiger partial charge in [0.15, 0.2) is 0 Å². The fraction of sp³-hybridized carbons (Fsp3) is 0.0870. The molecule has 4 aromatic rings. The molecule has 4 rings (SSSR count). The molecule has 0 unspecified atom stereocenters. The Morgan fingerprint density at radius 1 is 0.815 bits per heavy atom. The van der Waals surface area contributed by atoms with Crippen LogP contribution in [-0.4, -0.2) is 15.8 Å². The zero-order valence-corrected chi connectivity index (χ0v) is 14.7. The summed E-state index contributed by atoms with van der Waals surface area (Å²) in [7, 11) is 0. The maximum atomic E-state index is 11.6. The minimum atomic E-state index is -1.05. The van der Waals surface area contributed by atoms with Gasteiger partial charge >= 0.3 is 6.09 Å². The quantitative estimate of drug-likeness (QED) is 0.525. The standard InChI is InChI=1S/C23H19NO3/c25-23(26)24-21-9-5-4-8-20(21)15-22(24)27-16-19-12-10-18(11-13-19)14-17-6-2-1-3-7-17/h1-13,15H,14,16H2,(H,25,26). The van der Waals surface area contributed by atoms with Crippen molar-refractivity contribution in [3.63, 3.8) is 0 Å². The highest BCUT2D eigenvalue weighted by atomic mass is 16.5. The van der Waals surface area contributed by atoms with E-state index in [4.69, 9.17) is 4.74 Å². The Hall–Kier alpha value is -3.53. The van der Waals surface area contributed by atoms with Crippen LogP contribution < -0.4 is 4.74 Å². The summed E-state index contributed by atoms with van der Waals surface area (Å²) in [6.45, 7) is 0.315. The molecule has 1 N–H and O–H groups in total. The van der Waals surface area contributed by atoms with Gasteiger partial charge in [-0.25, -0.2) is 9.36 Å². The van der Waals surface area contributed by atoms with Crippen molar-refractivity contribution in [1.82, 2.24) is 4.57 Å². The maximum Gasteiger partial charge on any atom is 0.418 e. The summed E-state index contributed by atoms with van der Waals surface area (Å²) < 4.78 is 6.99. The first-order valence-corrected chi connectivity index (χ1v) is 8.79.